The molecule has 0 spiro atoms. The summed E-state index contributed by atoms with van der Waals surface area (Å²) in [4.78, 5) is 33.9. The van der Waals surface area contributed by atoms with E-state index in [-0.39, 0.29) is 23.0 Å². The highest BCUT2D eigenvalue weighted by Crippen LogP contribution is 2.27. The molecule has 0 fully saturated rings. The molecule has 1 amide bonds. The minimum atomic E-state index is -1.07. The smallest absolute Gasteiger partial charge is 0.326 e. The first kappa shape index (κ1) is 19.4. The Morgan fingerprint density at radius 2 is 2.00 bits per heavy atom. The third-order valence-electron chi connectivity index (χ3n) is 3.35. The SMILES string of the molecule is CCCCC(Nc1ccc(C(=O)NC(C)C)cc1[N+](=O)[O-])C(=O)O. The van der Waals surface area contributed by atoms with Crippen LogP contribution in [0, 0.1) is 10.1 Å². The molecule has 132 valence electrons. The number of anilines is 1. The van der Waals surface area contributed by atoms with E-state index in [1.807, 2.05) is 6.92 Å². The van der Waals surface area contributed by atoms with Crippen LogP contribution in [0.4, 0.5) is 11.4 Å². The first-order valence-corrected chi connectivity index (χ1v) is 7.84. The van der Waals surface area contributed by atoms with E-state index in [1.165, 1.54) is 12.1 Å². The highest BCUT2D eigenvalue weighted by Gasteiger charge is 2.23. The predicted molar refractivity (Wildman–Crippen MR) is 90.3 cm³/mol. The van der Waals surface area contributed by atoms with Crippen LogP contribution in [0.1, 0.15) is 50.4 Å². The van der Waals surface area contributed by atoms with Crippen LogP contribution in [-0.2, 0) is 4.79 Å². The second-order valence-corrected chi connectivity index (χ2v) is 5.79. The highest BCUT2D eigenvalue weighted by molar-refractivity contribution is 5.96. The third-order valence-corrected chi connectivity index (χ3v) is 3.35. The van der Waals surface area contributed by atoms with E-state index in [0.29, 0.717) is 12.8 Å². The van der Waals surface area contributed by atoms with Crippen LogP contribution >= 0.6 is 0 Å². The Bertz CT molecular complexity index is 616. The number of amides is 1. The standard InChI is InChI=1S/C16H23N3O5/c1-4-5-6-13(16(21)22)18-12-8-7-11(9-14(12)19(23)24)15(20)17-10(2)3/h7-10,13,18H,4-6H2,1-3H3,(H,17,20)(H,21,22). The van der Waals surface area contributed by atoms with Gasteiger partial charge in [0.15, 0.2) is 0 Å². The third kappa shape index (κ3) is 5.53. The zero-order chi connectivity index (χ0) is 18.3. The first-order chi connectivity index (χ1) is 11.3. The summed E-state index contributed by atoms with van der Waals surface area (Å²) in [5.41, 5.74) is -0.0832. The molecule has 0 aromatic heterocycles. The van der Waals surface area contributed by atoms with Gasteiger partial charge >= 0.3 is 5.97 Å². The number of carboxylic acids is 1. The maximum absolute atomic E-state index is 12.0. The highest BCUT2D eigenvalue weighted by atomic mass is 16.6. The van der Waals surface area contributed by atoms with Crippen LogP contribution in [0.2, 0.25) is 0 Å². The van der Waals surface area contributed by atoms with Gasteiger partial charge < -0.3 is 15.7 Å². The van der Waals surface area contributed by atoms with Crippen molar-refractivity contribution in [3.63, 3.8) is 0 Å². The lowest BCUT2D eigenvalue weighted by atomic mass is 10.1. The molecule has 3 N–H and O–H groups in total. The van der Waals surface area contributed by atoms with Crippen molar-refractivity contribution >= 4 is 23.3 Å². The number of aliphatic carboxylic acids is 1. The largest absolute Gasteiger partial charge is 0.480 e. The number of carboxylic acid groups (broad SMARTS) is 1. The number of nitrogens with zero attached hydrogens (tertiary/aromatic N) is 1. The average molecular weight is 337 g/mol. The second-order valence-electron chi connectivity index (χ2n) is 5.79. The number of hydrogen-bond acceptors (Lipinski definition) is 5. The van der Waals surface area contributed by atoms with Gasteiger partial charge in [0.2, 0.25) is 0 Å². The van der Waals surface area contributed by atoms with Crippen LogP contribution in [0.3, 0.4) is 0 Å². The Labute approximate surface area is 140 Å². The Morgan fingerprint density at radius 1 is 1.33 bits per heavy atom. The monoisotopic (exact) mass is 337 g/mol. The maximum atomic E-state index is 12.0. The van der Waals surface area contributed by atoms with E-state index in [9.17, 15) is 24.8 Å². The summed E-state index contributed by atoms with van der Waals surface area (Å²) in [5.74, 6) is -1.49. The molecule has 1 aromatic rings. The van der Waals surface area contributed by atoms with E-state index in [2.05, 4.69) is 10.6 Å². The fourth-order valence-electron chi connectivity index (χ4n) is 2.14. The quantitative estimate of drug-likeness (QED) is 0.470. The van der Waals surface area contributed by atoms with Crippen molar-refractivity contribution in [3.05, 3.63) is 33.9 Å². The van der Waals surface area contributed by atoms with Crippen molar-refractivity contribution in [3.8, 4) is 0 Å². The number of nitro groups is 1. The van der Waals surface area contributed by atoms with Gasteiger partial charge in [0, 0.05) is 17.7 Å². The molecule has 8 nitrogen and oxygen atoms in total. The van der Waals surface area contributed by atoms with Crippen LogP contribution in [0.5, 0.6) is 0 Å². The molecule has 0 aliphatic carbocycles. The fourth-order valence-corrected chi connectivity index (χ4v) is 2.14. The van der Waals surface area contributed by atoms with E-state index in [4.69, 9.17) is 0 Å². The van der Waals surface area contributed by atoms with Gasteiger partial charge in [-0.2, -0.15) is 0 Å². The molecule has 0 heterocycles. The Morgan fingerprint density at radius 3 is 2.50 bits per heavy atom. The van der Waals surface area contributed by atoms with E-state index >= 15 is 0 Å². The van der Waals surface area contributed by atoms with Gasteiger partial charge in [-0.25, -0.2) is 4.79 Å². The lowest BCUT2D eigenvalue weighted by Gasteiger charge is -2.16. The van der Waals surface area contributed by atoms with Gasteiger partial charge in [-0.1, -0.05) is 19.8 Å². The Hall–Kier alpha value is -2.64. The summed E-state index contributed by atoms with van der Waals surface area (Å²) in [5, 5.41) is 25.9. The van der Waals surface area contributed by atoms with Crippen molar-refractivity contribution in [1.29, 1.82) is 0 Å². The lowest BCUT2D eigenvalue weighted by Crippen LogP contribution is -2.31. The van der Waals surface area contributed by atoms with Gasteiger partial charge in [0.05, 0.1) is 4.92 Å². The van der Waals surface area contributed by atoms with E-state index in [1.54, 1.807) is 13.8 Å². The maximum Gasteiger partial charge on any atom is 0.326 e. The normalized spacial score (nSPS) is 11.8. The van der Waals surface area contributed by atoms with Crippen molar-refractivity contribution in [2.75, 3.05) is 5.32 Å². The molecule has 0 saturated carbocycles. The molecule has 8 heteroatoms. The molecule has 1 aromatic carbocycles. The van der Waals surface area contributed by atoms with Crippen LogP contribution in [0.25, 0.3) is 0 Å². The summed E-state index contributed by atoms with van der Waals surface area (Å²) >= 11 is 0. The van der Waals surface area contributed by atoms with Crippen LogP contribution < -0.4 is 10.6 Å². The summed E-state index contributed by atoms with van der Waals surface area (Å²) in [6.45, 7) is 5.50. The summed E-state index contributed by atoms with van der Waals surface area (Å²) < 4.78 is 0. The zero-order valence-corrected chi connectivity index (χ0v) is 14.0. The molecule has 24 heavy (non-hydrogen) atoms. The van der Waals surface area contributed by atoms with E-state index < -0.39 is 22.8 Å². The number of nitrogens with one attached hydrogen (secondary N) is 2. The summed E-state index contributed by atoms with van der Waals surface area (Å²) in [6.07, 6.45) is 1.87. The van der Waals surface area contributed by atoms with Gasteiger partial charge in [-0.3, -0.25) is 14.9 Å². The number of benzene rings is 1. The van der Waals surface area contributed by atoms with Gasteiger partial charge in [-0.05, 0) is 32.4 Å². The van der Waals surface area contributed by atoms with Crippen LogP contribution in [0.15, 0.2) is 18.2 Å². The molecule has 1 rings (SSSR count). The lowest BCUT2D eigenvalue weighted by molar-refractivity contribution is -0.384. The van der Waals surface area contributed by atoms with Crippen molar-refractivity contribution < 1.29 is 19.6 Å². The first-order valence-electron chi connectivity index (χ1n) is 7.84. The molecular formula is C16H23N3O5. The van der Waals surface area contributed by atoms with Gasteiger partial charge in [0.25, 0.3) is 11.6 Å². The number of nitro benzene ring substituents is 1. The molecular weight excluding hydrogens is 314 g/mol. The Balaban J connectivity index is 3.08. The molecule has 0 radical (unpaired) electrons. The minimum absolute atomic E-state index is 0.0876. The number of carbonyl (C=O) groups is 2. The summed E-state index contributed by atoms with van der Waals surface area (Å²) in [7, 11) is 0. The van der Waals surface area contributed by atoms with Crippen molar-refractivity contribution in [2.45, 2.75) is 52.1 Å². The zero-order valence-electron chi connectivity index (χ0n) is 14.0. The predicted octanol–water partition coefficient (Wildman–Crippen LogP) is 2.79. The number of rotatable bonds is 9. The van der Waals surface area contributed by atoms with E-state index in [0.717, 1.165) is 12.5 Å². The molecule has 1 unspecified atom stereocenters. The number of unbranched alkanes of at least 4 members (excludes halogenated alkanes) is 1. The van der Waals surface area contributed by atoms with Gasteiger partial charge in [0.1, 0.15) is 11.7 Å². The molecule has 0 aliphatic rings. The Kier molecular flexibility index (Phi) is 7.16. The van der Waals surface area contributed by atoms with Crippen molar-refractivity contribution in [1.82, 2.24) is 5.32 Å². The minimum Gasteiger partial charge on any atom is -0.480 e. The van der Waals surface area contributed by atoms with Crippen molar-refractivity contribution in [2.24, 2.45) is 0 Å². The molecule has 1 atom stereocenters. The molecule has 0 saturated heterocycles. The number of hydrogen-bond donors (Lipinski definition) is 3. The number of carbonyl (C=O) groups excluding carboxylic acids is 1. The second kappa shape index (κ2) is 8.85. The molecule has 0 bridgehead atoms. The average Bonchev–Trinajstić information content (AvgIpc) is 2.50. The fraction of sp³-hybridized carbons (Fsp3) is 0.500. The van der Waals surface area contributed by atoms with Crippen LogP contribution in [-0.4, -0.2) is 34.0 Å². The van der Waals surface area contributed by atoms with Gasteiger partial charge in [-0.15, -0.1) is 0 Å². The molecule has 0 aliphatic heterocycles. The topological polar surface area (TPSA) is 122 Å². The summed E-state index contributed by atoms with van der Waals surface area (Å²) in [6, 6.07) is 2.94.